The van der Waals surface area contributed by atoms with E-state index in [1.807, 2.05) is 66.7 Å². The average Bonchev–Trinajstić information content (AvgIpc) is 3.12. The summed E-state index contributed by atoms with van der Waals surface area (Å²) in [6.07, 6.45) is 4.27. The molecule has 0 bridgehead atoms. The summed E-state index contributed by atoms with van der Waals surface area (Å²) in [5.74, 6) is 1.15. The highest BCUT2D eigenvalue weighted by molar-refractivity contribution is 14.1. The highest BCUT2D eigenvalue weighted by Crippen LogP contribution is 2.39. The van der Waals surface area contributed by atoms with Gasteiger partial charge in [-0.05, 0) is 82.6 Å². The first kappa shape index (κ1) is 24.5. The number of ether oxygens (including phenoxy) is 2. The molecule has 0 atom stereocenters. The van der Waals surface area contributed by atoms with Gasteiger partial charge in [0.1, 0.15) is 6.61 Å². The van der Waals surface area contributed by atoms with E-state index in [1.54, 1.807) is 12.0 Å². The van der Waals surface area contributed by atoms with E-state index in [-0.39, 0.29) is 5.91 Å². The van der Waals surface area contributed by atoms with Gasteiger partial charge in [0.2, 0.25) is 0 Å². The first-order chi connectivity index (χ1) is 16.5. The van der Waals surface area contributed by atoms with Crippen molar-refractivity contribution < 1.29 is 14.3 Å². The van der Waals surface area contributed by atoms with Crippen LogP contribution in [0.3, 0.4) is 0 Å². The maximum Gasteiger partial charge on any atom is 0.270 e. The number of nitrogens with zero attached hydrogens (tertiary/aromatic N) is 1. The van der Waals surface area contributed by atoms with Gasteiger partial charge in [0, 0.05) is 9.13 Å². The second-order valence-corrected chi connectivity index (χ2v) is 10.4. The van der Waals surface area contributed by atoms with Crippen LogP contribution in [-0.2, 0) is 17.8 Å². The van der Waals surface area contributed by atoms with Gasteiger partial charge in [-0.1, -0.05) is 60.4 Å². The number of halogens is 1. The molecule has 1 amide bonds. The summed E-state index contributed by atoms with van der Waals surface area (Å²) in [5, 5.41) is 0. The summed E-state index contributed by atoms with van der Waals surface area (Å²) in [7, 11) is 1.61. The minimum atomic E-state index is -0.135. The predicted octanol–water partition coefficient (Wildman–Crippen LogP) is 7.01. The largest absolute Gasteiger partial charge is 0.493 e. The zero-order valence-corrected chi connectivity index (χ0v) is 22.3. The minimum absolute atomic E-state index is 0.135. The molecule has 0 aromatic heterocycles. The second-order valence-electron chi connectivity index (χ2n) is 7.47. The Labute approximate surface area is 222 Å². The van der Waals surface area contributed by atoms with Crippen molar-refractivity contribution in [2.75, 3.05) is 12.0 Å². The fourth-order valence-corrected chi connectivity index (χ4v) is 5.20. The van der Waals surface area contributed by atoms with Crippen LogP contribution in [0.2, 0.25) is 0 Å². The molecule has 34 heavy (non-hydrogen) atoms. The number of allylic oxidation sites excluding steroid dienone is 1. The van der Waals surface area contributed by atoms with Crippen LogP contribution in [0, 0.1) is 3.57 Å². The van der Waals surface area contributed by atoms with Gasteiger partial charge in [-0.2, -0.15) is 0 Å². The standard InChI is InChI=1S/C27H22INO3S2/c1-3-7-20-14-19(15-23(31-2)25(20)32-17-18-10-12-21(28)13-11-18)16-24-26(30)29(27(33)34-24)22-8-5-4-6-9-22/h3-6,8-16H,1,7,17H2,2H3/b24-16+. The van der Waals surface area contributed by atoms with Crippen LogP contribution in [0.5, 0.6) is 11.5 Å². The van der Waals surface area contributed by atoms with E-state index in [1.165, 1.54) is 15.3 Å². The van der Waals surface area contributed by atoms with Crippen molar-refractivity contribution in [1.82, 2.24) is 0 Å². The van der Waals surface area contributed by atoms with Crippen LogP contribution < -0.4 is 14.4 Å². The third kappa shape index (κ3) is 5.54. The number of methoxy groups -OCH3 is 1. The molecule has 0 radical (unpaired) electrons. The molecule has 1 fully saturated rings. The number of carbonyl (C=O) groups excluding carboxylic acids is 1. The molecule has 1 heterocycles. The summed E-state index contributed by atoms with van der Waals surface area (Å²) in [4.78, 5) is 15.2. The number of hydrogen-bond donors (Lipinski definition) is 0. The molecule has 1 saturated heterocycles. The van der Waals surface area contributed by atoms with Crippen molar-refractivity contribution in [1.29, 1.82) is 0 Å². The Bertz CT molecular complexity index is 1260. The van der Waals surface area contributed by atoms with Gasteiger partial charge in [0.25, 0.3) is 5.91 Å². The van der Waals surface area contributed by atoms with Gasteiger partial charge in [0.15, 0.2) is 15.8 Å². The molecule has 7 heteroatoms. The second kappa shape index (κ2) is 11.2. The average molecular weight is 600 g/mol. The van der Waals surface area contributed by atoms with E-state index in [2.05, 4.69) is 41.3 Å². The molecule has 1 aliphatic rings. The van der Waals surface area contributed by atoms with Crippen molar-refractivity contribution in [3.63, 3.8) is 0 Å². The number of rotatable bonds is 8. The van der Waals surface area contributed by atoms with Gasteiger partial charge in [0.05, 0.1) is 17.7 Å². The number of benzene rings is 3. The van der Waals surface area contributed by atoms with Gasteiger partial charge >= 0.3 is 0 Å². The van der Waals surface area contributed by atoms with E-state index in [0.29, 0.717) is 33.8 Å². The smallest absolute Gasteiger partial charge is 0.270 e. The van der Waals surface area contributed by atoms with E-state index in [4.69, 9.17) is 21.7 Å². The summed E-state index contributed by atoms with van der Waals surface area (Å²) in [6.45, 7) is 4.31. The van der Waals surface area contributed by atoms with Gasteiger partial charge in [-0.15, -0.1) is 6.58 Å². The van der Waals surface area contributed by atoms with Crippen molar-refractivity contribution in [3.8, 4) is 11.5 Å². The molecule has 3 aromatic rings. The number of carbonyl (C=O) groups is 1. The molecule has 0 spiro atoms. The first-order valence-electron chi connectivity index (χ1n) is 10.5. The fourth-order valence-electron chi connectivity index (χ4n) is 3.54. The maximum absolute atomic E-state index is 13.1. The number of thioether (sulfide) groups is 1. The molecule has 0 aliphatic carbocycles. The lowest BCUT2D eigenvalue weighted by Crippen LogP contribution is -2.27. The summed E-state index contributed by atoms with van der Waals surface area (Å²) in [5.41, 5.74) is 3.60. The Hall–Kier alpha value is -2.62. The van der Waals surface area contributed by atoms with Crippen molar-refractivity contribution >= 4 is 68.6 Å². The van der Waals surface area contributed by atoms with E-state index in [9.17, 15) is 4.79 Å². The monoisotopic (exact) mass is 599 g/mol. The van der Waals surface area contributed by atoms with Gasteiger partial charge in [-0.25, -0.2) is 0 Å². The number of thiocarbonyl (C=S) groups is 1. The highest BCUT2D eigenvalue weighted by Gasteiger charge is 2.33. The lowest BCUT2D eigenvalue weighted by atomic mass is 10.0. The number of amides is 1. The third-order valence-corrected chi connectivity index (χ3v) is 7.16. The number of para-hydroxylation sites is 1. The third-order valence-electron chi connectivity index (χ3n) is 5.14. The SMILES string of the molecule is C=CCc1cc(/C=C2/SC(=S)N(c3ccccc3)C2=O)cc(OC)c1OCc1ccc(I)cc1. The quantitative estimate of drug-likeness (QED) is 0.121. The summed E-state index contributed by atoms with van der Waals surface area (Å²) in [6, 6.07) is 21.5. The zero-order valence-electron chi connectivity index (χ0n) is 18.5. The van der Waals surface area contributed by atoms with Crippen molar-refractivity contribution in [2.24, 2.45) is 0 Å². The predicted molar refractivity (Wildman–Crippen MR) is 152 cm³/mol. The molecule has 4 nitrogen and oxygen atoms in total. The first-order valence-corrected chi connectivity index (χ1v) is 12.8. The van der Waals surface area contributed by atoms with Crippen LogP contribution in [0.25, 0.3) is 6.08 Å². The normalized spacial score (nSPS) is 14.5. The fraction of sp³-hybridized carbons (Fsp3) is 0.111. The van der Waals surface area contributed by atoms with Crippen LogP contribution in [0.15, 0.2) is 84.3 Å². The highest BCUT2D eigenvalue weighted by atomic mass is 127. The van der Waals surface area contributed by atoms with Crippen LogP contribution >= 0.6 is 46.6 Å². The van der Waals surface area contributed by atoms with E-state index >= 15 is 0 Å². The van der Waals surface area contributed by atoms with Crippen molar-refractivity contribution in [2.45, 2.75) is 13.0 Å². The van der Waals surface area contributed by atoms with Crippen LogP contribution in [-0.4, -0.2) is 17.3 Å². The Kier molecular flexibility index (Phi) is 8.07. The van der Waals surface area contributed by atoms with Crippen LogP contribution in [0.1, 0.15) is 16.7 Å². The Balaban J connectivity index is 1.63. The molecular weight excluding hydrogens is 577 g/mol. The molecule has 1 aliphatic heterocycles. The molecule has 4 rings (SSSR count). The van der Waals surface area contributed by atoms with Crippen LogP contribution in [0.4, 0.5) is 5.69 Å². The van der Waals surface area contributed by atoms with Crippen molar-refractivity contribution in [3.05, 3.63) is 105 Å². The molecule has 3 aromatic carbocycles. The zero-order chi connectivity index (χ0) is 24.1. The van der Waals surface area contributed by atoms with Gasteiger partial charge < -0.3 is 9.47 Å². The minimum Gasteiger partial charge on any atom is -0.493 e. The van der Waals surface area contributed by atoms with E-state index in [0.717, 1.165) is 22.4 Å². The number of hydrogen-bond acceptors (Lipinski definition) is 5. The maximum atomic E-state index is 13.1. The Morgan fingerprint density at radius 2 is 1.85 bits per heavy atom. The molecule has 0 unspecified atom stereocenters. The molecule has 0 N–H and O–H groups in total. The molecular formula is C27H22INO3S2. The molecule has 0 saturated carbocycles. The van der Waals surface area contributed by atoms with E-state index < -0.39 is 0 Å². The Morgan fingerprint density at radius 1 is 1.12 bits per heavy atom. The lowest BCUT2D eigenvalue weighted by Gasteiger charge is -2.16. The summed E-state index contributed by atoms with van der Waals surface area (Å²) >= 11 is 9.06. The topological polar surface area (TPSA) is 38.8 Å². The number of anilines is 1. The Morgan fingerprint density at radius 3 is 2.53 bits per heavy atom. The lowest BCUT2D eigenvalue weighted by molar-refractivity contribution is -0.113. The molecule has 172 valence electrons. The van der Waals surface area contributed by atoms with Gasteiger partial charge in [-0.3, -0.25) is 9.69 Å². The summed E-state index contributed by atoms with van der Waals surface area (Å²) < 4.78 is 13.5.